The van der Waals surface area contributed by atoms with Gasteiger partial charge in [-0.25, -0.2) is 9.97 Å². The topological polar surface area (TPSA) is 66.2 Å². The van der Waals surface area contributed by atoms with Gasteiger partial charge in [0.2, 0.25) is 0 Å². The number of halogens is 1. The highest BCUT2D eigenvalue weighted by Gasteiger charge is 2.09. The highest BCUT2D eigenvalue weighted by Crippen LogP contribution is 2.25. The van der Waals surface area contributed by atoms with Crippen molar-refractivity contribution in [3.05, 3.63) is 136 Å². The van der Waals surface area contributed by atoms with Crippen LogP contribution < -0.4 is 5.46 Å². The van der Waals surface area contributed by atoms with Crippen LogP contribution in [0.15, 0.2) is 97.1 Å². The lowest BCUT2D eigenvalue weighted by atomic mass is 9.80. The molecule has 0 saturated heterocycles. The molecule has 0 amide bonds. The molecular weight excluding hydrogens is 539 g/mol. The van der Waals surface area contributed by atoms with Crippen LogP contribution in [0, 0.1) is 41.5 Å². The molecule has 0 aliphatic carbocycles. The number of rotatable bonds is 2. The summed E-state index contributed by atoms with van der Waals surface area (Å²) in [4.78, 5) is 9.07. The molecule has 6 heteroatoms. The monoisotopic (exact) mass is 574 g/mol. The lowest BCUT2D eigenvalue weighted by Crippen LogP contribution is -2.29. The molecule has 0 fully saturated rings. The number of nitrogens with zero attached hydrogens (tertiary/aromatic N) is 2. The van der Waals surface area contributed by atoms with Crippen LogP contribution in [-0.2, 0) is 0 Å². The summed E-state index contributed by atoms with van der Waals surface area (Å²) in [6.45, 7) is 12.4. The molecule has 4 aromatic carbocycles. The van der Waals surface area contributed by atoms with Crippen molar-refractivity contribution in [2.75, 3.05) is 0 Å². The molecule has 0 aliphatic heterocycles. The Hall–Kier alpha value is -4.03. The van der Waals surface area contributed by atoms with E-state index >= 15 is 0 Å². The largest absolute Gasteiger partial charge is 0.488 e. The molecule has 0 spiro atoms. The summed E-state index contributed by atoms with van der Waals surface area (Å²) in [5.74, 6) is 0. The molecule has 42 heavy (non-hydrogen) atoms. The minimum absolute atomic E-state index is 0.542. The van der Waals surface area contributed by atoms with Gasteiger partial charge in [0, 0.05) is 16.3 Å². The second-order valence-corrected chi connectivity index (χ2v) is 11.2. The van der Waals surface area contributed by atoms with Crippen LogP contribution in [0.5, 0.6) is 0 Å². The van der Waals surface area contributed by atoms with Crippen LogP contribution in [-0.4, -0.2) is 27.1 Å². The van der Waals surface area contributed by atoms with E-state index < -0.39 is 7.12 Å². The quantitative estimate of drug-likeness (QED) is 0.162. The SMILES string of the molecule is Cc1cc(C)c2ccc(Cl)nc2c1.Cc1cccc(-c2ccc3c(C)cc(C)cc3n2)c1.Cc1cccc(B(O)O)c1. The van der Waals surface area contributed by atoms with E-state index in [4.69, 9.17) is 26.6 Å². The van der Waals surface area contributed by atoms with Gasteiger partial charge >= 0.3 is 7.12 Å². The van der Waals surface area contributed by atoms with Crippen molar-refractivity contribution in [2.24, 2.45) is 0 Å². The Morgan fingerprint density at radius 2 is 1.10 bits per heavy atom. The molecule has 0 saturated carbocycles. The molecule has 0 atom stereocenters. The predicted molar refractivity (Wildman–Crippen MR) is 179 cm³/mol. The number of aryl methyl sites for hydroxylation is 6. The van der Waals surface area contributed by atoms with Crippen LogP contribution in [0.4, 0.5) is 0 Å². The van der Waals surface area contributed by atoms with Crippen molar-refractivity contribution in [3.8, 4) is 11.3 Å². The van der Waals surface area contributed by atoms with Crippen LogP contribution >= 0.6 is 11.6 Å². The Labute approximate surface area is 253 Å². The third-order valence-corrected chi connectivity index (χ3v) is 7.15. The molecule has 0 aliphatic rings. The first-order valence-corrected chi connectivity index (χ1v) is 14.3. The van der Waals surface area contributed by atoms with E-state index in [2.05, 4.69) is 94.2 Å². The van der Waals surface area contributed by atoms with Gasteiger partial charge in [-0.15, -0.1) is 0 Å². The summed E-state index contributed by atoms with van der Waals surface area (Å²) in [5, 5.41) is 20.4. The van der Waals surface area contributed by atoms with Crippen LogP contribution in [0.1, 0.15) is 33.4 Å². The third-order valence-electron chi connectivity index (χ3n) is 6.94. The summed E-state index contributed by atoms with van der Waals surface area (Å²) in [6.07, 6.45) is 0. The summed E-state index contributed by atoms with van der Waals surface area (Å²) in [6, 6.07) is 32.3. The van der Waals surface area contributed by atoms with Gasteiger partial charge in [-0.05, 0) is 106 Å². The minimum Gasteiger partial charge on any atom is -0.423 e. The van der Waals surface area contributed by atoms with Gasteiger partial charge in [-0.3, -0.25) is 0 Å². The first-order chi connectivity index (χ1) is 20.0. The van der Waals surface area contributed by atoms with E-state index in [1.807, 2.05) is 31.2 Å². The molecule has 2 aromatic heterocycles. The second-order valence-electron chi connectivity index (χ2n) is 10.8. The molecule has 0 bridgehead atoms. The molecule has 6 rings (SSSR count). The van der Waals surface area contributed by atoms with Gasteiger partial charge in [0.15, 0.2) is 0 Å². The number of hydrogen-bond acceptors (Lipinski definition) is 4. The van der Waals surface area contributed by atoms with Crippen LogP contribution in [0.25, 0.3) is 33.1 Å². The van der Waals surface area contributed by atoms with Gasteiger partial charge in [0.1, 0.15) is 5.15 Å². The van der Waals surface area contributed by atoms with Crippen molar-refractivity contribution in [2.45, 2.75) is 41.5 Å². The zero-order chi connectivity index (χ0) is 30.4. The lowest BCUT2D eigenvalue weighted by molar-refractivity contribution is 0.425. The van der Waals surface area contributed by atoms with Crippen LogP contribution in [0.3, 0.4) is 0 Å². The number of benzene rings is 4. The first-order valence-electron chi connectivity index (χ1n) is 13.9. The highest BCUT2D eigenvalue weighted by atomic mass is 35.5. The molecule has 2 heterocycles. The number of hydrogen-bond donors (Lipinski definition) is 2. The fourth-order valence-corrected chi connectivity index (χ4v) is 5.12. The predicted octanol–water partition coefficient (Wildman–Crippen LogP) is 8.01. The molecule has 212 valence electrons. The molecule has 4 nitrogen and oxygen atoms in total. The zero-order valence-corrected chi connectivity index (χ0v) is 25.7. The van der Waals surface area contributed by atoms with Crippen LogP contribution in [0.2, 0.25) is 5.15 Å². The minimum atomic E-state index is -1.35. The van der Waals surface area contributed by atoms with E-state index in [1.165, 1.54) is 44.2 Å². The van der Waals surface area contributed by atoms with E-state index in [1.54, 1.807) is 18.2 Å². The number of pyridine rings is 2. The molecule has 2 N–H and O–H groups in total. The van der Waals surface area contributed by atoms with E-state index in [9.17, 15) is 0 Å². The van der Waals surface area contributed by atoms with Crippen molar-refractivity contribution in [1.29, 1.82) is 0 Å². The molecule has 0 unspecified atom stereocenters. The van der Waals surface area contributed by atoms with Crippen molar-refractivity contribution in [1.82, 2.24) is 9.97 Å². The maximum absolute atomic E-state index is 8.70. The lowest BCUT2D eigenvalue weighted by Gasteiger charge is -2.07. The standard InChI is InChI=1S/C18H17N.C11H10ClN.C7H9BO2/c1-12-5-4-6-15(10-12)17-8-7-16-14(3)9-13(2)11-18(16)19-17;1-7-5-8(2)9-3-4-11(12)13-10(9)6-7;1-6-3-2-4-7(5-6)8(9)10/h4-11H,1-3H3;3-6H,1-2H3;2-5,9-10H,1H3. The summed E-state index contributed by atoms with van der Waals surface area (Å²) < 4.78 is 0. The number of fused-ring (bicyclic) bond motifs is 2. The smallest absolute Gasteiger partial charge is 0.423 e. The van der Waals surface area contributed by atoms with Crippen molar-refractivity contribution < 1.29 is 10.0 Å². The molecule has 0 radical (unpaired) electrons. The van der Waals surface area contributed by atoms with Crippen molar-refractivity contribution >= 4 is 46.0 Å². The Bertz CT molecular complexity index is 1850. The Balaban J connectivity index is 0.000000154. The molecular formula is C36H36BClN2O2. The van der Waals surface area contributed by atoms with E-state index in [-0.39, 0.29) is 0 Å². The van der Waals surface area contributed by atoms with Gasteiger partial charge in [0.05, 0.1) is 16.7 Å². The third kappa shape index (κ3) is 8.04. The average molecular weight is 575 g/mol. The first kappa shape index (κ1) is 30.9. The van der Waals surface area contributed by atoms with E-state index in [0.717, 1.165) is 22.3 Å². The summed E-state index contributed by atoms with van der Waals surface area (Å²) in [7, 11) is -1.35. The van der Waals surface area contributed by atoms with E-state index in [0.29, 0.717) is 10.6 Å². The summed E-state index contributed by atoms with van der Waals surface area (Å²) in [5.41, 5.74) is 12.1. The number of aromatic nitrogens is 2. The fraction of sp³-hybridized carbons (Fsp3) is 0.167. The zero-order valence-electron chi connectivity index (χ0n) is 25.0. The summed E-state index contributed by atoms with van der Waals surface area (Å²) >= 11 is 5.81. The van der Waals surface area contributed by atoms with Gasteiger partial charge < -0.3 is 10.0 Å². The second kappa shape index (κ2) is 13.8. The normalized spacial score (nSPS) is 10.5. The maximum Gasteiger partial charge on any atom is 0.488 e. The Morgan fingerprint density at radius 1 is 0.548 bits per heavy atom. The highest BCUT2D eigenvalue weighted by molar-refractivity contribution is 6.58. The van der Waals surface area contributed by atoms with Crippen molar-refractivity contribution in [3.63, 3.8) is 0 Å². The van der Waals surface area contributed by atoms with Gasteiger partial charge in [-0.1, -0.05) is 83.4 Å². The Kier molecular flexibility index (Phi) is 10.1. The van der Waals surface area contributed by atoms with Gasteiger partial charge in [0.25, 0.3) is 0 Å². The fourth-order valence-electron chi connectivity index (χ4n) is 4.96. The Morgan fingerprint density at radius 3 is 1.64 bits per heavy atom. The maximum atomic E-state index is 8.70. The van der Waals surface area contributed by atoms with Gasteiger partial charge in [-0.2, -0.15) is 0 Å². The molecule has 6 aromatic rings. The average Bonchev–Trinajstić information content (AvgIpc) is 2.93.